The van der Waals surface area contributed by atoms with E-state index >= 15 is 0 Å². The summed E-state index contributed by atoms with van der Waals surface area (Å²) in [7, 11) is 0. The summed E-state index contributed by atoms with van der Waals surface area (Å²) in [5.74, 6) is -0.176. The number of aliphatic hydroxyl groups is 5. The molecule has 0 aromatic heterocycles. The van der Waals surface area contributed by atoms with Crippen molar-refractivity contribution in [3.05, 3.63) is 48.6 Å². The Bertz CT molecular complexity index is 1210. The van der Waals surface area contributed by atoms with E-state index in [4.69, 9.17) is 9.47 Å². The third kappa shape index (κ3) is 37.9. The molecular weight excluding hydrogens is 851 g/mol. The summed E-state index contributed by atoms with van der Waals surface area (Å²) in [5.41, 5.74) is 0. The fraction of sp³-hybridized carbons (Fsp3) is 0.847. The maximum Gasteiger partial charge on any atom is 0.220 e. The summed E-state index contributed by atoms with van der Waals surface area (Å²) in [4.78, 5) is 13.0. The Hall–Kier alpha value is -1.85. The molecule has 398 valence electrons. The van der Waals surface area contributed by atoms with Gasteiger partial charge >= 0.3 is 0 Å². The van der Waals surface area contributed by atoms with Crippen LogP contribution in [0.2, 0.25) is 0 Å². The molecule has 1 aliphatic heterocycles. The summed E-state index contributed by atoms with van der Waals surface area (Å²) in [6.07, 6.45) is 57.6. The highest BCUT2D eigenvalue weighted by atomic mass is 16.7. The Labute approximate surface area is 418 Å². The highest BCUT2D eigenvalue weighted by Crippen LogP contribution is 2.23. The van der Waals surface area contributed by atoms with Gasteiger partial charge in [-0.1, -0.05) is 249 Å². The molecule has 9 heteroatoms. The standard InChI is InChI=1S/C59H109NO8/c1-3-5-7-9-11-13-15-17-18-19-20-21-22-23-24-25-26-27-28-29-30-31-32-33-34-35-36-37-39-41-43-45-47-49-55(63)60-52(51-67-59-58(66)57(65)56(64)54(50-61)68-59)53(62)48-46-44-42-40-38-16-14-12-10-8-6-4-2/h15,17,19-20,22-23,46,48,52-54,56-59,61-62,64-66H,3-14,16,18,21,24-45,47,49-51H2,1-2H3,(H,60,63)/b17-15-,20-19-,23-22-,48-46+. The molecule has 1 amide bonds. The number of allylic oxidation sites excluding steroid dienone is 7. The normalized spacial score (nSPS) is 19.9. The Kier molecular flexibility index (Phi) is 46.0. The lowest BCUT2D eigenvalue weighted by atomic mass is 9.99. The lowest BCUT2D eigenvalue weighted by Crippen LogP contribution is -2.60. The number of nitrogens with one attached hydrogen (secondary N) is 1. The van der Waals surface area contributed by atoms with Crippen molar-refractivity contribution in [2.45, 2.75) is 307 Å². The molecule has 1 saturated heterocycles. The molecular formula is C59H109NO8. The molecule has 7 atom stereocenters. The molecule has 1 aliphatic rings. The van der Waals surface area contributed by atoms with Gasteiger partial charge in [0.15, 0.2) is 6.29 Å². The summed E-state index contributed by atoms with van der Waals surface area (Å²) in [6, 6.07) is -0.803. The monoisotopic (exact) mass is 960 g/mol. The molecule has 0 saturated carbocycles. The van der Waals surface area contributed by atoms with E-state index < -0.39 is 49.5 Å². The first-order valence-electron chi connectivity index (χ1n) is 28.9. The Morgan fingerprint density at radius 1 is 0.500 bits per heavy atom. The van der Waals surface area contributed by atoms with Gasteiger partial charge < -0.3 is 40.3 Å². The summed E-state index contributed by atoms with van der Waals surface area (Å²) < 4.78 is 11.2. The number of carbonyl (C=O) groups is 1. The molecule has 0 aliphatic carbocycles. The molecule has 1 rings (SSSR count). The highest BCUT2D eigenvalue weighted by Gasteiger charge is 2.44. The smallest absolute Gasteiger partial charge is 0.220 e. The van der Waals surface area contributed by atoms with E-state index in [0.717, 1.165) is 51.4 Å². The molecule has 1 heterocycles. The fourth-order valence-corrected chi connectivity index (χ4v) is 9.05. The molecule has 1 fully saturated rings. The van der Waals surface area contributed by atoms with Crippen molar-refractivity contribution in [1.82, 2.24) is 5.32 Å². The van der Waals surface area contributed by atoms with Crippen LogP contribution in [-0.4, -0.2) is 87.5 Å². The van der Waals surface area contributed by atoms with E-state index in [9.17, 15) is 30.3 Å². The predicted octanol–water partition coefficient (Wildman–Crippen LogP) is 14.1. The number of rotatable bonds is 49. The molecule has 0 bridgehead atoms. The number of aliphatic hydroxyl groups excluding tert-OH is 5. The minimum absolute atomic E-state index is 0.176. The minimum Gasteiger partial charge on any atom is -0.394 e. The third-order valence-electron chi connectivity index (χ3n) is 13.6. The zero-order chi connectivity index (χ0) is 49.4. The predicted molar refractivity (Wildman–Crippen MR) is 286 cm³/mol. The Morgan fingerprint density at radius 2 is 0.868 bits per heavy atom. The van der Waals surface area contributed by atoms with Crippen molar-refractivity contribution in [1.29, 1.82) is 0 Å². The van der Waals surface area contributed by atoms with Gasteiger partial charge in [0, 0.05) is 6.42 Å². The van der Waals surface area contributed by atoms with E-state index in [-0.39, 0.29) is 12.5 Å². The van der Waals surface area contributed by atoms with Gasteiger partial charge in [0.25, 0.3) is 0 Å². The van der Waals surface area contributed by atoms with Gasteiger partial charge in [-0.3, -0.25) is 4.79 Å². The van der Waals surface area contributed by atoms with Crippen molar-refractivity contribution in [3.63, 3.8) is 0 Å². The first-order chi connectivity index (χ1) is 33.3. The number of unbranched alkanes of at least 4 members (excludes halogenated alkanes) is 33. The molecule has 0 radical (unpaired) electrons. The van der Waals surface area contributed by atoms with Gasteiger partial charge in [-0.05, 0) is 57.8 Å². The van der Waals surface area contributed by atoms with Gasteiger partial charge in [-0.2, -0.15) is 0 Å². The molecule has 0 aromatic rings. The van der Waals surface area contributed by atoms with Crippen LogP contribution in [0.5, 0.6) is 0 Å². The van der Waals surface area contributed by atoms with Crippen molar-refractivity contribution in [2.75, 3.05) is 13.2 Å². The van der Waals surface area contributed by atoms with Crippen LogP contribution in [-0.2, 0) is 14.3 Å². The molecule has 7 unspecified atom stereocenters. The van der Waals surface area contributed by atoms with Crippen LogP contribution in [0, 0.1) is 0 Å². The van der Waals surface area contributed by atoms with E-state index in [1.54, 1.807) is 6.08 Å². The highest BCUT2D eigenvalue weighted by molar-refractivity contribution is 5.76. The second-order valence-corrected chi connectivity index (χ2v) is 20.1. The number of ether oxygens (including phenoxy) is 2. The Morgan fingerprint density at radius 3 is 1.28 bits per heavy atom. The minimum atomic E-state index is -1.57. The summed E-state index contributed by atoms with van der Waals surface area (Å²) >= 11 is 0. The summed E-state index contributed by atoms with van der Waals surface area (Å²) in [6.45, 7) is 3.77. The summed E-state index contributed by atoms with van der Waals surface area (Å²) in [5, 5.41) is 54.3. The first-order valence-corrected chi connectivity index (χ1v) is 28.9. The lowest BCUT2D eigenvalue weighted by Gasteiger charge is -2.40. The lowest BCUT2D eigenvalue weighted by molar-refractivity contribution is -0.302. The fourth-order valence-electron chi connectivity index (χ4n) is 9.05. The molecule has 0 spiro atoms. The zero-order valence-corrected chi connectivity index (χ0v) is 44.1. The number of hydrogen-bond acceptors (Lipinski definition) is 8. The molecule has 9 nitrogen and oxygen atoms in total. The van der Waals surface area contributed by atoms with Crippen molar-refractivity contribution in [3.8, 4) is 0 Å². The number of hydrogen-bond donors (Lipinski definition) is 6. The van der Waals surface area contributed by atoms with Crippen LogP contribution in [0.25, 0.3) is 0 Å². The third-order valence-corrected chi connectivity index (χ3v) is 13.6. The second kappa shape index (κ2) is 48.8. The van der Waals surface area contributed by atoms with Gasteiger partial charge in [0.2, 0.25) is 5.91 Å². The van der Waals surface area contributed by atoms with E-state index in [1.165, 1.54) is 193 Å². The van der Waals surface area contributed by atoms with Crippen LogP contribution in [0.3, 0.4) is 0 Å². The maximum atomic E-state index is 13.0. The largest absolute Gasteiger partial charge is 0.394 e. The van der Waals surface area contributed by atoms with Gasteiger partial charge in [-0.15, -0.1) is 0 Å². The van der Waals surface area contributed by atoms with Crippen molar-refractivity contribution >= 4 is 5.91 Å². The van der Waals surface area contributed by atoms with Gasteiger partial charge in [0.1, 0.15) is 24.4 Å². The average Bonchev–Trinajstić information content (AvgIpc) is 3.34. The molecule has 0 aromatic carbocycles. The van der Waals surface area contributed by atoms with E-state index in [2.05, 4.69) is 55.6 Å². The zero-order valence-electron chi connectivity index (χ0n) is 44.1. The quantitative estimate of drug-likeness (QED) is 0.0261. The van der Waals surface area contributed by atoms with Crippen molar-refractivity contribution in [2.24, 2.45) is 0 Å². The van der Waals surface area contributed by atoms with Crippen LogP contribution >= 0.6 is 0 Å². The Balaban J connectivity index is 2.11. The topological polar surface area (TPSA) is 149 Å². The maximum absolute atomic E-state index is 13.0. The SMILES string of the molecule is CCCCCCC/C=C\C/C=C\C/C=C\CCCCCCCCCCCCCCCCCCCCC(=O)NC(COC1OC(CO)C(O)C(O)C1O)C(O)/C=C/CCCCCCCCCCCC. The second-order valence-electron chi connectivity index (χ2n) is 20.1. The number of carbonyl (C=O) groups excluding carboxylic acids is 1. The number of amides is 1. The van der Waals surface area contributed by atoms with Crippen LogP contribution in [0.15, 0.2) is 48.6 Å². The van der Waals surface area contributed by atoms with E-state index in [0.29, 0.717) is 6.42 Å². The van der Waals surface area contributed by atoms with Crippen LogP contribution in [0.1, 0.15) is 264 Å². The molecule has 68 heavy (non-hydrogen) atoms. The van der Waals surface area contributed by atoms with Crippen molar-refractivity contribution < 1.29 is 39.8 Å². The first kappa shape index (κ1) is 64.2. The van der Waals surface area contributed by atoms with Crippen LogP contribution in [0.4, 0.5) is 0 Å². The average molecular weight is 961 g/mol. The van der Waals surface area contributed by atoms with Gasteiger partial charge in [0.05, 0.1) is 25.4 Å². The van der Waals surface area contributed by atoms with Gasteiger partial charge in [-0.25, -0.2) is 0 Å². The molecule has 6 N–H and O–H groups in total. The van der Waals surface area contributed by atoms with Crippen LogP contribution < -0.4 is 5.32 Å². The van der Waals surface area contributed by atoms with E-state index in [1.807, 2.05) is 6.08 Å².